The van der Waals surface area contributed by atoms with Gasteiger partial charge in [0.05, 0.1) is 11.8 Å². The number of nitrogens with one attached hydrogen (secondary N) is 1. The molecule has 1 fully saturated rings. The quantitative estimate of drug-likeness (QED) is 0.697. The molecule has 0 aliphatic carbocycles. The van der Waals surface area contributed by atoms with Crippen LogP contribution >= 0.6 is 0 Å². The van der Waals surface area contributed by atoms with Crippen molar-refractivity contribution < 1.29 is 9.90 Å². The fraction of sp³-hybridized carbons (Fsp3) is 0.316. The second kappa shape index (κ2) is 7.62. The average molecular weight is 377 g/mol. The van der Waals surface area contributed by atoms with Crippen molar-refractivity contribution >= 4 is 17.4 Å². The largest absolute Gasteiger partial charge is 0.387 e. The van der Waals surface area contributed by atoms with Crippen molar-refractivity contribution in [1.82, 2.24) is 24.3 Å². The number of amides is 1. The number of piperidine rings is 1. The highest BCUT2D eigenvalue weighted by atomic mass is 16.3. The molecular formula is C19H19N7O2. The molecule has 1 aliphatic rings. The normalized spacial score (nSPS) is 16.7. The maximum absolute atomic E-state index is 11.7. The Morgan fingerprint density at radius 2 is 2.25 bits per heavy atom. The van der Waals surface area contributed by atoms with Crippen molar-refractivity contribution in [3.8, 4) is 17.6 Å². The molecule has 1 aliphatic heterocycles. The molecule has 0 spiro atoms. The summed E-state index contributed by atoms with van der Waals surface area (Å²) >= 11 is 0. The molecule has 9 heteroatoms. The predicted octanol–water partition coefficient (Wildman–Crippen LogP) is 1.06. The molecule has 0 saturated carbocycles. The van der Waals surface area contributed by atoms with Crippen LogP contribution in [0.1, 0.15) is 18.4 Å². The first-order valence-electron chi connectivity index (χ1n) is 9.04. The van der Waals surface area contributed by atoms with Gasteiger partial charge in [-0.15, -0.1) is 0 Å². The molecule has 1 atom stereocenters. The number of fused-ring (bicyclic) bond motifs is 1. The summed E-state index contributed by atoms with van der Waals surface area (Å²) in [5, 5.41) is 21.6. The van der Waals surface area contributed by atoms with Crippen molar-refractivity contribution in [2.75, 3.05) is 25.0 Å². The Labute approximate surface area is 161 Å². The van der Waals surface area contributed by atoms with Gasteiger partial charge < -0.3 is 15.3 Å². The van der Waals surface area contributed by atoms with Crippen LogP contribution in [0.4, 0.5) is 5.82 Å². The van der Waals surface area contributed by atoms with E-state index in [4.69, 9.17) is 10.4 Å². The highest BCUT2D eigenvalue weighted by molar-refractivity contribution is 5.77. The Bertz CT molecular complexity index is 1060. The van der Waals surface area contributed by atoms with Crippen molar-refractivity contribution in [1.29, 1.82) is 5.26 Å². The van der Waals surface area contributed by atoms with E-state index >= 15 is 0 Å². The Morgan fingerprint density at radius 1 is 1.36 bits per heavy atom. The van der Waals surface area contributed by atoms with Gasteiger partial charge in [-0.25, -0.2) is 15.0 Å². The zero-order valence-corrected chi connectivity index (χ0v) is 15.1. The summed E-state index contributed by atoms with van der Waals surface area (Å²) in [6, 6.07) is 7.44. The van der Waals surface area contributed by atoms with Crippen LogP contribution in [-0.2, 0) is 4.79 Å². The molecule has 3 aromatic rings. The van der Waals surface area contributed by atoms with Crippen LogP contribution in [0.15, 0.2) is 36.8 Å². The summed E-state index contributed by atoms with van der Waals surface area (Å²) < 4.78 is 1.79. The minimum Gasteiger partial charge on any atom is -0.387 e. The molecule has 0 aromatic carbocycles. The van der Waals surface area contributed by atoms with Gasteiger partial charge in [0.15, 0.2) is 5.82 Å². The lowest BCUT2D eigenvalue weighted by atomic mass is 10.1. The van der Waals surface area contributed by atoms with Crippen LogP contribution in [0.3, 0.4) is 0 Å². The third-order valence-electron chi connectivity index (χ3n) is 4.78. The van der Waals surface area contributed by atoms with Gasteiger partial charge in [0.2, 0.25) is 5.91 Å². The van der Waals surface area contributed by atoms with Crippen LogP contribution < -0.4 is 5.32 Å². The molecule has 0 bridgehead atoms. The molecule has 1 amide bonds. The molecule has 142 valence electrons. The minimum atomic E-state index is -0.469. The summed E-state index contributed by atoms with van der Waals surface area (Å²) in [5.41, 5.74) is 1.93. The van der Waals surface area contributed by atoms with Gasteiger partial charge in [0, 0.05) is 31.5 Å². The second-order valence-electron chi connectivity index (χ2n) is 6.65. The highest BCUT2D eigenvalue weighted by Gasteiger charge is 2.23. The van der Waals surface area contributed by atoms with E-state index in [9.17, 15) is 4.79 Å². The van der Waals surface area contributed by atoms with Gasteiger partial charge in [-0.1, -0.05) is 0 Å². The van der Waals surface area contributed by atoms with Crippen LogP contribution in [0.25, 0.3) is 17.2 Å². The van der Waals surface area contributed by atoms with Crippen LogP contribution in [0.5, 0.6) is 0 Å². The topological polar surface area (TPSA) is 119 Å². The summed E-state index contributed by atoms with van der Waals surface area (Å²) in [4.78, 5) is 26.7. The number of carbonyl (C=O) groups excluding carboxylic acids is 1. The maximum Gasteiger partial charge on any atom is 0.248 e. The molecule has 4 heterocycles. The van der Waals surface area contributed by atoms with E-state index < -0.39 is 6.61 Å². The van der Waals surface area contributed by atoms with E-state index in [1.807, 2.05) is 0 Å². The molecule has 1 unspecified atom stereocenters. The van der Waals surface area contributed by atoms with Crippen LogP contribution in [-0.4, -0.2) is 61.0 Å². The Morgan fingerprint density at radius 3 is 3.07 bits per heavy atom. The minimum absolute atomic E-state index is 0.0550. The van der Waals surface area contributed by atoms with Gasteiger partial charge in [-0.2, -0.15) is 5.26 Å². The number of rotatable bonds is 4. The summed E-state index contributed by atoms with van der Waals surface area (Å²) in [7, 11) is 0. The third kappa shape index (κ3) is 3.50. The first-order chi connectivity index (χ1) is 13.7. The van der Waals surface area contributed by atoms with Crippen LogP contribution in [0.2, 0.25) is 0 Å². The lowest BCUT2D eigenvalue weighted by Crippen LogP contribution is -2.46. The van der Waals surface area contributed by atoms with Crippen molar-refractivity contribution in [3.05, 3.63) is 42.4 Å². The van der Waals surface area contributed by atoms with Gasteiger partial charge in [-0.3, -0.25) is 9.20 Å². The lowest BCUT2D eigenvalue weighted by molar-refractivity contribution is -0.135. The zero-order valence-electron chi connectivity index (χ0n) is 15.1. The fourth-order valence-electron chi connectivity index (χ4n) is 3.41. The van der Waals surface area contributed by atoms with E-state index in [2.05, 4.69) is 26.3 Å². The number of likely N-dealkylation sites (tertiary alicyclic amines) is 1. The van der Waals surface area contributed by atoms with E-state index in [-0.39, 0.29) is 11.9 Å². The number of imidazole rings is 1. The number of aliphatic hydroxyl groups excluding tert-OH is 1. The number of carbonyl (C=O) groups is 1. The first kappa shape index (κ1) is 17.9. The van der Waals surface area contributed by atoms with E-state index in [1.54, 1.807) is 46.1 Å². The number of pyridine rings is 1. The summed E-state index contributed by atoms with van der Waals surface area (Å²) in [6.07, 6.45) is 6.83. The average Bonchev–Trinajstić information content (AvgIpc) is 3.16. The molecule has 0 radical (unpaired) electrons. The molecule has 2 N–H and O–H groups in total. The van der Waals surface area contributed by atoms with Crippen molar-refractivity contribution in [2.24, 2.45) is 0 Å². The molecule has 1 saturated heterocycles. The number of anilines is 1. The van der Waals surface area contributed by atoms with Gasteiger partial charge >= 0.3 is 0 Å². The van der Waals surface area contributed by atoms with Gasteiger partial charge in [0.1, 0.15) is 29.8 Å². The monoisotopic (exact) mass is 377 g/mol. The number of hydrogen-bond donors (Lipinski definition) is 2. The summed E-state index contributed by atoms with van der Waals surface area (Å²) in [5.74, 6) is 0.889. The summed E-state index contributed by atoms with van der Waals surface area (Å²) in [6.45, 7) is 0.721. The molecule has 3 aromatic heterocycles. The number of aromatic nitrogens is 4. The standard InChI is InChI=1S/C19H19N7O2/c20-8-13-3-4-17-22-9-15(26(17)10-13)19-21-6-5-16(24-19)23-14-2-1-7-25(11-14)18(28)12-27/h3-6,9-10,14,27H,1-2,7,11-12H2,(H,21,23,24). The molecule has 9 nitrogen and oxygen atoms in total. The van der Waals surface area contributed by atoms with Crippen molar-refractivity contribution in [2.45, 2.75) is 18.9 Å². The van der Waals surface area contributed by atoms with Gasteiger partial charge in [0.25, 0.3) is 0 Å². The predicted molar refractivity (Wildman–Crippen MR) is 101 cm³/mol. The Kier molecular flexibility index (Phi) is 4.87. The van der Waals surface area contributed by atoms with E-state index in [0.717, 1.165) is 12.8 Å². The zero-order chi connectivity index (χ0) is 19.5. The molecule has 4 rings (SSSR count). The van der Waals surface area contributed by atoms with Crippen molar-refractivity contribution in [3.63, 3.8) is 0 Å². The SMILES string of the molecule is N#Cc1ccc2ncc(-c3nccc(NC4CCCN(C(=O)CO)C4)n3)n2c1. The third-order valence-corrected chi connectivity index (χ3v) is 4.78. The first-order valence-corrected chi connectivity index (χ1v) is 9.04. The second-order valence-corrected chi connectivity index (χ2v) is 6.65. The highest BCUT2D eigenvalue weighted by Crippen LogP contribution is 2.20. The Hall–Kier alpha value is -3.51. The maximum atomic E-state index is 11.7. The van der Waals surface area contributed by atoms with Crippen LogP contribution in [0, 0.1) is 11.3 Å². The van der Waals surface area contributed by atoms with Gasteiger partial charge in [-0.05, 0) is 31.0 Å². The number of nitriles is 1. The lowest BCUT2D eigenvalue weighted by Gasteiger charge is -2.33. The number of hydrogen-bond acceptors (Lipinski definition) is 7. The molecule has 28 heavy (non-hydrogen) atoms. The van der Waals surface area contributed by atoms with E-state index in [0.29, 0.717) is 41.6 Å². The Balaban J connectivity index is 1.57. The fourth-order valence-corrected chi connectivity index (χ4v) is 3.41. The number of aliphatic hydroxyl groups is 1. The number of nitrogens with zero attached hydrogens (tertiary/aromatic N) is 6. The smallest absolute Gasteiger partial charge is 0.248 e. The molecular weight excluding hydrogens is 358 g/mol. The van der Waals surface area contributed by atoms with E-state index in [1.165, 1.54) is 0 Å².